The number of ether oxygens (including phenoxy) is 2. The lowest BCUT2D eigenvalue weighted by Gasteiger charge is -2.22. The highest BCUT2D eigenvalue weighted by Gasteiger charge is 2.20. The molecule has 1 amide bonds. The second kappa shape index (κ2) is 7.99. The maximum Gasteiger partial charge on any atom is 0.407 e. The molecule has 2 atom stereocenters. The second-order valence-corrected chi connectivity index (χ2v) is 5.53. The Hall–Kier alpha value is -1.30. The fourth-order valence-corrected chi connectivity index (χ4v) is 1.32. The minimum absolute atomic E-state index is 0.0445. The van der Waals surface area contributed by atoms with E-state index in [1.807, 2.05) is 6.92 Å². The van der Waals surface area contributed by atoms with Crippen molar-refractivity contribution in [3.8, 4) is 0 Å². The summed E-state index contributed by atoms with van der Waals surface area (Å²) in [5, 5.41) is 2.63. The van der Waals surface area contributed by atoms with Crippen molar-refractivity contribution in [2.45, 2.75) is 52.7 Å². The third-order valence-corrected chi connectivity index (χ3v) is 2.41. The van der Waals surface area contributed by atoms with Gasteiger partial charge in [0.25, 0.3) is 0 Å². The van der Waals surface area contributed by atoms with Gasteiger partial charge in [-0.25, -0.2) is 4.79 Å². The van der Waals surface area contributed by atoms with Gasteiger partial charge >= 0.3 is 12.1 Å². The molecule has 0 aliphatic rings. The zero-order chi connectivity index (χ0) is 15.1. The van der Waals surface area contributed by atoms with Crippen LogP contribution in [0.2, 0.25) is 0 Å². The Bertz CT molecular complexity index is 300. The zero-order valence-electron chi connectivity index (χ0n) is 12.5. The molecule has 0 aromatic heterocycles. The van der Waals surface area contributed by atoms with Gasteiger partial charge in [0.1, 0.15) is 5.60 Å². The maximum absolute atomic E-state index is 11.4. The van der Waals surface area contributed by atoms with Gasteiger partial charge in [-0.1, -0.05) is 6.92 Å². The molecular weight excluding hydrogens is 248 g/mol. The van der Waals surface area contributed by atoms with Crippen LogP contribution >= 0.6 is 0 Å². The molecule has 0 aromatic carbocycles. The number of nitrogens with two attached hydrogens (primary N) is 1. The molecule has 0 spiro atoms. The van der Waals surface area contributed by atoms with E-state index in [9.17, 15) is 9.59 Å². The van der Waals surface area contributed by atoms with E-state index >= 15 is 0 Å². The van der Waals surface area contributed by atoms with Crippen LogP contribution in [0.4, 0.5) is 4.79 Å². The molecule has 0 aliphatic carbocycles. The second-order valence-electron chi connectivity index (χ2n) is 5.53. The van der Waals surface area contributed by atoms with Crippen LogP contribution in [-0.2, 0) is 14.3 Å². The van der Waals surface area contributed by atoms with Crippen molar-refractivity contribution in [1.82, 2.24) is 5.32 Å². The molecule has 0 heterocycles. The third kappa shape index (κ3) is 9.30. The Morgan fingerprint density at radius 2 is 1.89 bits per heavy atom. The first-order valence-corrected chi connectivity index (χ1v) is 6.53. The molecule has 0 fully saturated rings. The summed E-state index contributed by atoms with van der Waals surface area (Å²) >= 11 is 0. The fourth-order valence-electron chi connectivity index (χ4n) is 1.32. The van der Waals surface area contributed by atoms with Gasteiger partial charge in [-0.3, -0.25) is 4.79 Å². The molecule has 0 aliphatic heterocycles. The first kappa shape index (κ1) is 17.7. The molecule has 19 heavy (non-hydrogen) atoms. The van der Waals surface area contributed by atoms with Crippen molar-refractivity contribution in [2.24, 2.45) is 11.7 Å². The number of carbonyl (C=O) groups excluding carboxylic acids is 2. The van der Waals surface area contributed by atoms with E-state index in [-0.39, 0.29) is 24.3 Å². The number of alkyl carbamates (subject to hydrolysis) is 1. The first-order valence-electron chi connectivity index (χ1n) is 6.53. The van der Waals surface area contributed by atoms with Crippen LogP contribution < -0.4 is 11.1 Å². The van der Waals surface area contributed by atoms with Gasteiger partial charge in [0, 0.05) is 12.6 Å². The molecule has 0 bridgehead atoms. The highest BCUT2D eigenvalue weighted by Crippen LogP contribution is 2.08. The van der Waals surface area contributed by atoms with Crippen LogP contribution in [0.3, 0.4) is 0 Å². The molecule has 0 radical (unpaired) electrons. The largest absolute Gasteiger partial charge is 0.466 e. The minimum Gasteiger partial charge on any atom is -0.466 e. The molecule has 2 unspecified atom stereocenters. The van der Waals surface area contributed by atoms with Crippen LogP contribution in [0.5, 0.6) is 0 Å². The van der Waals surface area contributed by atoms with Crippen LogP contribution in [0, 0.1) is 5.92 Å². The smallest absolute Gasteiger partial charge is 0.407 e. The monoisotopic (exact) mass is 274 g/mol. The first-order chi connectivity index (χ1) is 8.65. The number of nitrogens with one attached hydrogen (secondary N) is 1. The normalized spacial score (nSPS) is 14.4. The molecule has 0 aromatic rings. The summed E-state index contributed by atoms with van der Waals surface area (Å²) in [6.45, 7) is 9.69. The molecular formula is C13H26N2O4. The average Bonchev–Trinajstić information content (AvgIpc) is 2.23. The zero-order valence-corrected chi connectivity index (χ0v) is 12.5. The molecule has 112 valence electrons. The quantitative estimate of drug-likeness (QED) is 0.715. The highest BCUT2D eigenvalue weighted by atomic mass is 16.6. The summed E-state index contributed by atoms with van der Waals surface area (Å²) in [6, 6.07) is -0.353. The van der Waals surface area contributed by atoms with E-state index in [2.05, 4.69) is 5.32 Å². The molecule has 3 N–H and O–H groups in total. The number of hydrogen-bond acceptors (Lipinski definition) is 5. The van der Waals surface area contributed by atoms with Crippen molar-refractivity contribution in [3.05, 3.63) is 0 Å². The van der Waals surface area contributed by atoms with Crippen LogP contribution in [-0.4, -0.2) is 36.9 Å². The molecule has 0 saturated carbocycles. The van der Waals surface area contributed by atoms with Gasteiger partial charge in [0.15, 0.2) is 0 Å². The lowest BCUT2D eigenvalue weighted by molar-refractivity contribution is -0.143. The van der Waals surface area contributed by atoms with Crippen molar-refractivity contribution in [3.63, 3.8) is 0 Å². The van der Waals surface area contributed by atoms with E-state index in [1.165, 1.54) is 0 Å². The minimum atomic E-state index is -0.527. The van der Waals surface area contributed by atoms with Crippen molar-refractivity contribution in [1.29, 1.82) is 0 Å². The van der Waals surface area contributed by atoms with Gasteiger partial charge in [0.2, 0.25) is 0 Å². The Morgan fingerprint density at radius 3 is 2.37 bits per heavy atom. The predicted octanol–water partition coefficient (Wildman–Crippen LogP) is 1.43. The predicted molar refractivity (Wildman–Crippen MR) is 72.6 cm³/mol. The van der Waals surface area contributed by atoms with E-state index in [0.717, 1.165) is 0 Å². The summed E-state index contributed by atoms with van der Waals surface area (Å²) in [4.78, 5) is 22.7. The number of hydrogen-bond donors (Lipinski definition) is 2. The van der Waals surface area contributed by atoms with Crippen LogP contribution in [0.15, 0.2) is 0 Å². The lowest BCUT2D eigenvalue weighted by Crippen LogP contribution is -2.41. The summed E-state index contributed by atoms with van der Waals surface area (Å²) in [6.07, 6.45) is -0.340. The number of carbonyl (C=O) groups is 2. The fraction of sp³-hybridized carbons (Fsp3) is 0.846. The van der Waals surface area contributed by atoms with E-state index in [1.54, 1.807) is 27.7 Å². The number of amides is 1. The van der Waals surface area contributed by atoms with Gasteiger partial charge in [0.05, 0.1) is 13.0 Å². The standard InChI is InChI=1S/C13H26N2O4/c1-6-18-11(16)7-10(14)9(2)8-15-12(17)19-13(3,4)5/h9-10H,6-8,14H2,1-5H3,(H,15,17). The van der Waals surface area contributed by atoms with Crippen molar-refractivity contribution in [2.75, 3.05) is 13.2 Å². The van der Waals surface area contributed by atoms with Gasteiger partial charge in [-0.05, 0) is 33.6 Å². The Kier molecular flexibility index (Phi) is 7.44. The van der Waals surface area contributed by atoms with Crippen LogP contribution in [0.1, 0.15) is 41.0 Å². The van der Waals surface area contributed by atoms with E-state index < -0.39 is 11.7 Å². The van der Waals surface area contributed by atoms with Crippen molar-refractivity contribution < 1.29 is 19.1 Å². The van der Waals surface area contributed by atoms with Crippen LogP contribution in [0.25, 0.3) is 0 Å². The molecule has 0 saturated heterocycles. The SMILES string of the molecule is CCOC(=O)CC(N)C(C)CNC(=O)OC(C)(C)C. The Balaban J connectivity index is 4.00. The third-order valence-electron chi connectivity index (χ3n) is 2.41. The lowest BCUT2D eigenvalue weighted by atomic mass is 10.00. The van der Waals surface area contributed by atoms with Crippen molar-refractivity contribution >= 4 is 12.1 Å². The highest BCUT2D eigenvalue weighted by molar-refractivity contribution is 5.70. The topological polar surface area (TPSA) is 90.6 Å². The van der Waals surface area contributed by atoms with Gasteiger partial charge in [-0.2, -0.15) is 0 Å². The van der Waals surface area contributed by atoms with E-state index in [0.29, 0.717) is 13.2 Å². The van der Waals surface area contributed by atoms with E-state index in [4.69, 9.17) is 15.2 Å². The summed E-state index contributed by atoms with van der Waals surface area (Å²) in [5.74, 6) is -0.365. The van der Waals surface area contributed by atoms with Gasteiger partial charge < -0.3 is 20.5 Å². The molecule has 0 rings (SSSR count). The van der Waals surface area contributed by atoms with Gasteiger partial charge in [-0.15, -0.1) is 0 Å². The summed E-state index contributed by atoms with van der Waals surface area (Å²) in [7, 11) is 0. The molecule has 6 heteroatoms. The summed E-state index contributed by atoms with van der Waals surface area (Å²) < 4.78 is 9.93. The number of rotatable bonds is 6. The summed E-state index contributed by atoms with van der Waals surface area (Å²) in [5.41, 5.74) is 5.34. The average molecular weight is 274 g/mol. The molecule has 6 nitrogen and oxygen atoms in total. The maximum atomic E-state index is 11.4. The Labute approximate surface area is 115 Å². The number of esters is 1. The Morgan fingerprint density at radius 1 is 1.32 bits per heavy atom.